The molecule has 1 aromatic carbocycles. The molecule has 0 aromatic heterocycles. The largest absolute Gasteiger partial charge is 0.359 e. The van der Waals surface area contributed by atoms with Gasteiger partial charge >= 0.3 is 0 Å². The molecule has 1 heterocycles. The van der Waals surface area contributed by atoms with Gasteiger partial charge in [0.25, 0.3) is 0 Å². The van der Waals surface area contributed by atoms with Gasteiger partial charge in [0.15, 0.2) is 0 Å². The van der Waals surface area contributed by atoms with Gasteiger partial charge in [-0.05, 0) is 45.3 Å². The summed E-state index contributed by atoms with van der Waals surface area (Å²) in [5, 5.41) is 0. The van der Waals surface area contributed by atoms with Crippen LogP contribution in [-0.4, -0.2) is 11.6 Å². The smallest absolute Gasteiger partial charge is 0.0537 e. The number of unbranched alkanes of at least 4 members (excludes halogenated alkanes) is 5. The molecule has 2 rings (SSSR count). The summed E-state index contributed by atoms with van der Waals surface area (Å²) < 4.78 is 0. The fraction of sp³-hybridized carbons (Fsp3) is 0.667. The van der Waals surface area contributed by atoms with E-state index in [0.717, 1.165) is 0 Å². The third kappa shape index (κ3) is 5.12. The second-order valence-corrected chi connectivity index (χ2v) is 8.37. The average Bonchev–Trinajstić information content (AvgIpc) is 2.57. The fourth-order valence-electron chi connectivity index (χ4n) is 4.51. The van der Waals surface area contributed by atoms with Gasteiger partial charge in [0.1, 0.15) is 0 Å². The highest BCUT2D eigenvalue weighted by Crippen LogP contribution is 2.41. The number of hydrogen-bond donors (Lipinski definition) is 0. The molecule has 25 heavy (non-hydrogen) atoms. The van der Waals surface area contributed by atoms with Crippen LogP contribution in [0.3, 0.4) is 0 Å². The molecule has 0 saturated carbocycles. The Morgan fingerprint density at radius 3 is 2.16 bits per heavy atom. The van der Waals surface area contributed by atoms with Crippen molar-refractivity contribution in [1.29, 1.82) is 0 Å². The first-order valence-corrected chi connectivity index (χ1v) is 10.6. The molecule has 0 amide bonds. The monoisotopic (exact) mass is 341 g/mol. The maximum Gasteiger partial charge on any atom is 0.0537 e. The molecular weight excluding hydrogens is 302 g/mol. The summed E-state index contributed by atoms with van der Waals surface area (Å²) >= 11 is 0. The SMILES string of the molecule is CCCCCCC(CCCCC)N1c2ccccc2C(C)=CC1(C)C. The lowest BCUT2D eigenvalue weighted by Crippen LogP contribution is -2.51. The molecule has 1 unspecified atom stereocenters. The van der Waals surface area contributed by atoms with E-state index in [9.17, 15) is 0 Å². The number of fused-ring (bicyclic) bond motifs is 1. The van der Waals surface area contributed by atoms with Gasteiger partial charge in [0.2, 0.25) is 0 Å². The molecule has 0 saturated heterocycles. The summed E-state index contributed by atoms with van der Waals surface area (Å²) in [7, 11) is 0. The Kier molecular flexibility index (Phi) is 7.59. The Hall–Kier alpha value is -1.24. The fourth-order valence-corrected chi connectivity index (χ4v) is 4.51. The highest BCUT2D eigenvalue weighted by atomic mass is 15.2. The topological polar surface area (TPSA) is 3.24 Å². The minimum absolute atomic E-state index is 0.0973. The van der Waals surface area contributed by atoms with Crippen molar-refractivity contribution in [2.24, 2.45) is 0 Å². The van der Waals surface area contributed by atoms with E-state index < -0.39 is 0 Å². The lowest BCUT2D eigenvalue weighted by atomic mass is 9.85. The molecule has 0 radical (unpaired) electrons. The number of hydrogen-bond acceptors (Lipinski definition) is 1. The normalized spacial score (nSPS) is 17.2. The van der Waals surface area contributed by atoms with Gasteiger partial charge in [0, 0.05) is 17.3 Å². The molecule has 1 atom stereocenters. The number of benzene rings is 1. The van der Waals surface area contributed by atoms with Gasteiger partial charge in [-0.3, -0.25) is 0 Å². The van der Waals surface area contributed by atoms with Crippen LogP contribution in [0.5, 0.6) is 0 Å². The Labute approximate surface area is 156 Å². The number of anilines is 1. The maximum absolute atomic E-state index is 2.75. The lowest BCUT2D eigenvalue weighted by Gasteiger charge is -2.48. The van der Waals surface area contributed by atoms with Gasteiger partial charge in [-0.1, -0.05) is 83.1 Å². The Morgan fingerprint density at radius 1 is 0.880 bits per heavy atom. The molecule has 1 nitrogen and oxygen atoms in total. The highest BCUT2D eigenvalue weighted by Gasteiger charge is 2.35. The minimum Gasteiger partial charge on any atom is -0.359 e. The highest BCUT2D eigenvalue weighted by molar-refractivity contribution is 5.81. The molecule has 1 aliphatic rings. The zero-order valence-corrected chi connectivity index (χ0v) is 17.3. The third-order valence-corrected chi connectivity index (χ3v) is 5.68. The van der Waals surface area contributed by atoms with Crippen LogP contribution in [0.2, 0.25) is 0 Å². The van der Waals surface area contributed by atoms with Gasteiger partial charge in [-0.2, -0.15) is 0 Å². The number of para-hydroxylation sites is 1. The van der Waals surface area contributed by atoms with Crippen LogP contribution in [0, 0.1) is 0 Å². The molecule has 0 fully saturated rings. The van der Waals surface area contributed by atoms with Crippen molar-refractivity contribution < 1.29 is 0 Å². The standard InChI is InChI=1S/C24H39N/c1-6-8-10-12-16-21(15-11-9-7-2)25-23-18-14-13-17-22(23)20(3)19-24(25,4)5/h13-14,17-19,21H,6-12,15-16H2,1-5H3. The van der Waals surface area contributed by atoms with E-state index in [1.165, 1.54) is 74.6 Å². The van der Waals surface area contributed by atoms with Gasteiger partial charge < -0.3 is 4.90 Å². The first kappa shape index (κ1) is 20.1. The van der Waals surface area contributed by atoms with Crippen LogP contribution in [0.4, 0.5) is 5.69 Å². The second kappa shape index (κ2) is 9.46. The molecule has 1 aliphatic heterocycles. The summed E-state index contributed by atoms with van der Waals surface area (Å²) in [5.41, 5.74) is 4.40. The van der Waals surface area contributed by atoms with E-state index in [1.807, 2.05) is 0 Å². The van der Waals surface area contributed by atoms with E-state index in [4.69, 9.17) is 0 Å². The quantitative estimate of drug-likeness (QED) is 0.396. The predicted molar refractivity (Wildman–Crippen MR) is 113 cm³/mol. The average molecular weight is 342 g/mol. The molecule has 0 spiro atoms. The van der Waals surface area contributed by atoms with Crippen LogP contribution in [0.25, 0.3) is 5.57 Å². The van der Waals surface area contributed by atoms with Gasteiger partial charge in [0.05, 0.1) is 5.54 Å². The second-order valence-electron chi connectivity index (χ2n) is 8.37. The van der Waals surface area contributed by atoms with Crippen LogP contribution in [0.1, 0.15) is 98.0 Å². The summed E-state index contributed by atoms with van der Waals surface area (Å²) in [5.74, 6) is 0. The molecule has 140 valence electrons. The van der Waals surface area contributed by atoms with E-state index in [2.05, 4.69) is 69.9 Å². The van der Waals surface area contributed by atoms with Crippen molar-refractivity contribution in [1.82, 2.24) is 0 Å². The maximum atomic E-state index is 2.75. The Morgan fingerprint density at radius 2 is 1.48 bits per heavy atom. The van der Waals surface area contributed by atoms with Crippen molar-refractivity contribution in [3.8, 4) is 0 Å². The third-order valence-electron chi connectivity index (χ3n) is 5.68. The summed E-state index contributed by atoms with van der Waals surface area (Å²) in [6.45, 7) is 11.7. The number of allylic oxidation sites excluding steroid dienone is 1. The van der Waals surface area contributed by atoms with E-state index in [-0.39, 0.29) is 5.54 Å². The molecule has 1 heteroatoms. The van der Waals surface area contributed by atoms with Crippen molar-refractivity contribution >= 4 is 11.3 Å². The molecule has 1 aromatic rings. The van der Waals surface area contributed by atoms with Crippen LogP contribution >= 0.6 is 0 Å². The number of nitrogens with zero attached hydrogens (tertiary/aromatic N) is 1. The first-order valence-electron chi connectivity index (χ1n) is 10.6. The van der Waals surface area contributed by atoms with Gasteiger partial charge in [-0.15, -0.1) is 0 Å². The van der Waals surface area contributed by atoms with Crippen molar-refractivity contribution in [2.75, 3.05) is 4.90 Å². The van der Waals surface area contributed by atoms with E-state index in [0.29, 0.717) is 6.04 Å². The molecular formula is C24H39N. The van der Waals surface area contributed by atoms with Crippen LogP contribution < -0.4 is 4.90 Å². The van der Waals surface area contributed by atoms with E-state index in [1.54, 1.807) is 0 Å². The molecule has 0 N–H and O–H groups in total. The Balaban J connectivity index is 2.25. The molecule has 0 aliphatic carbocycles. The van der Waals surface area contributed by atoms with Crippen molar-refractivity contribution in [3.63, 3.8) is 0 Å². The van der Waals surface area contributed by atoms with Crippen molar-refractivity contribution in [2.45, 2.75) is 104 Å². The molecule has 0 bridgehead atoms. The first-order chi connectivity index (χ1) is 12.0. The van der Waals surface area contributed by atoms with Crippen LogP contribution in [0.15, 0.2) is 30.3 Å². The zero-order chi connectivity index (χ0) is 18.3. The summed E-state index contributed by atoms with van der Waals surface area (Å²) in [4.78, 5) is 2.75. The summed E-state index contributed by atoms with van der Waals surface area (Å²) in [6.07, 6.45) is 14.6. The zero-order valence-electron chi connectivity index (χ0n) is 17.3. The Bertz CT molecular complexity index is 555. The lowest BCUT2D eigenvalue weighted by molar-refractivity contribution is 0.404. The predicted octanol–water partition coefficient (Wildman–Crippen LogP) is 7.61. The van der Waals surface area contributed by atoms with Crippen molar-refractivity contribution in [3.05, 3.63) is 35.9 Å². The number of rotatable bonds is 10. The van der Waals surface area contributed by atoms with Crippen LogP contribution in [-0.2, 0) is 0 Å². The van der Waals surface area contributed by atoms with Gasteiger partial charge in [-0.25, -0.2) is 0 Å². The van der Waals surface area contributed by atoms with E-state index >= 15 is 0 Å². The summed E-state index contributed by atoms with van der Waals surface area (Å²) in [6, 6.07) is 9.68. The minimum atomic E-state index is 0.0973.